The van der Waals surface area contributed by atoms with E-state index in [9.17, 15) is 33.2 Å². The van der Waals surface area contributed by atoms with Crippen molar-refractivity contribution < 1.29 is 32.8 Å². The number of sulfonamides is 1. The number of carboxylic acid groups (broad SMARTS) is 1. The van der Waals surface area contributed by atoms with Crippen LogP contribution in [0.1, 0.15) is 44.6 Å². The summed E-state index contributed by atoms with van der Waals surface area (Å²) < 4.78 is 35.8. The topological polar surface area (TPSA) is 182 Å². The highest BCUT2D eigenvalue weighted by molar-refractivity contribution is 7.93. The van der Waals surface area contributed by atoms with Crippen LogP contribution in [-0.4, -0.2) is 47.8 Å². The fourth-order valence-electron chi connectivity index (χ4n) is 4.35. The Morgan fingerprint density at radius 1 is 1.05 bits per heavy atom. The molecule has 1 heterocycles. The molecule has 0 atom stereocenters. The van der Waals surface area contributed by atoms with Crippen LogP contribution in [0.15, 0.2) is 82.8 Å². The molecule has 1 aromatic heterocycles. The molecule has 4 aromatic rings. The summed E-state index contributed by atoms with van der Waals surface area (Å²) in [6.45, 7) is 5.75. The number of aryl methyl sites for hydroxylation is 1. The molecule has 0 saturated heterocycles. The van der Waals surface area contributed by atoms with Crippen molar-refractivity contribution >= 4 is 45.2 Å². The van der Waals surface area contributed by atoms with Crippen molar-refractivity contribution in [3.63, 3.8) is 0 Å². The number of carboxylic acids is 1. The maximum atomic E-state index is 13.3. The molecule has 14 heteroatoms. The Labute approximate surface area is 246 Å². The van der Waals surface area contributed by atoms with E-state index in [0.717, 1.165) is 29.2 Å². The van der Waals surface area contributed by atoms with E-state index in [1.807, 2.05) is 24.5 Å². The fraction of sp³-hybridized carbons (Fsp3) is 0.138. The second kappa shape index (κ2) is 12.6. The molecule has 43 heavy (non-hydrogen) atoms. The largest absolute Gasteiger partial charge is 0.478 e. The molecule has 0 aliphatic carbocycles. The average Bonchev–Trinajstić information content (AvgIpc) is 3.25. The molecule has 0 aliphatic rings. The van der Waals surface area contributed by atoms with Gasteiger partial charge in [-0.25, -0.2) is 18.0 Å². The van der Waals surface area contributed by atoms with Gasteiger partial charge in [0.25, 0.3) is 15.7 Å². The third-order valence-corrected chi connectivity index (χ3v) is 7.77. The van der Waals surface area contributed by atoms with E-state index in [1.165, 1.54) is 36.5 Å². The third kappa shape index (κ3) is 6.70. The smallest absolute Gasteiger partial charge is 0.338 e. The molecule has 0 fully saturated rings. The first kappa shape index (κ1) is 30.5. The number of esters is 1. The molecule has 13 nitrogen and oxygen atoms in total. The lowest BCUT2D eigenvalue weighted by molar-refractivity contribution is -0.385. The number of non-ortho nitro benzene ring substituents is 1. The van der Waals surface area contributed by atoms with E-state index in [0.29, 0.717) is 11.1 Å². The number of para-hydroxylation sites is 1. The molecule has 3 aromatic carbocycles. The number of carbonyl (C=O) groups is 2. The zero-order valence-corrected chi connectivity index (χ0v) is 24.1. The second-order valence-corrected chi connectivity index (χ2v) is 10.8. The molecular formula is C29H27N5O8S. The van der Waals surface area contributed by atoms with Crippen LogP contribution in [0.3, 0.4) is 0 Å². The van der Waals surface area contributed by atoms with Gasteiger partial charge in [0.15, 0.2) is 0 Å². The highest BCUT2D eigenvalue weighted by atomic mass is 32.2. The molecule has 0 spiro atoms. The van der Waals surface area contributed by atoms with Crippen LogP contribution < -0.4 is 10.1 Å². The highest BCUT2D eigenvalue weighted by Crippen LogP contribution is 2.29. The summed E-state index contributed by atoms with van der Waals surface area (Å²) >= 11 is 0. The van der Waals surface area contributed by atoms with Crippen LogP contribution in [-0.2, 0) is 14.8 Å². The predicted molar refractivity (Wildman–Crippen MR) is 160 cm³/mol. The van der Waals surface area contributed by atoms with E-state index in [4.69, 9.17) is 4.74 Å². The zero-order valence-electron chi connectivity index (χ0n) is 23.3. The number of hydrogen-bond donors (Lipinski definition) is 3. The number of hydrazone groups is 1. The molecule has 0 radical (unpaired) electrons. The van der Waals surface area contributed by atoms with Crippen molar-refractivity contribution in [2.45, 2.75) is 25.7 Å². The van der Waals surface area contributed by atoms with E-state index in [2.05, 4.69) is 15.2 Å². The van der Waals surface area contributed by atoms with Gasteiger partial charge in [0.2, 0.25) is 0 Å². The summed E-state index contributed by atoms with van der Waals surface area (Å²) in [4.78, 5) is 33.7. The monoisotopic (exact) mass is 605 g/mol. The number of nitro groups is 1. The Bertz CT molecular complexity index is 1850. The maximum Gasteiger partial charge on any atom is 0.338 e. The molecule has 0 bridgehead atoms. The van der Waals surface area contributed by atoms with Crippen LogP contribution in [0.4, 0.5) is 17.1 Å². The first-order valence-corrected chi connectivity index (χ1v) is 14.3. The summed E-state index contributed by atoms with van der Waals surface area (Å²) in [5.74, 6) is -1.77. The summed E-state index contributed by atoms with van der Waals surface area (Å²) in [5, 5.41) is 25.0. The lowest BCUT2D eigenvalue weighted by Gasteiger charge is -2.13. The summed E-state index contributed by atoms with van der Waals surface area (Å²) in [7, 11) is -4.50. The van der Waals surface area contributed by atoms with Crippen LogP contribution in [0.2, 0.25) is 0 Å². The van der Waals surface area contributed by atoms with Crippen molar-refractivity contribution in [3.8, 4) is 5.69 Å². The minimum Gasteiger partial charge on any atom is -0.478 e. The first-order valence-electron chi connectivity index (χ1n) is 12.8. The third-order valence-electron chi connectivity index (χ3n) is 6.36. The standard InChI is InChI=1S/C29H27N5O8S/c1-4-42-29(37)20-9-11-22(12-10-20)33-18(2)15-21(19(33)3)17-30-31-26-14-13-23(34(38)39)16-27(26)43(40,41)32-25-8-6-5-7-24(25)28(35)36/h5-17,31-32H,4H2,1-3H3,(H,35,36)/b30-17+. The maximum absolute atomic E-state index is 13.3. The molecule has 0 amide bonds. The first-order chi connectivity index (χ1) is 20.4. The number of carbonyl (C=O) groups excluding carboxylic acids is 1. The van der Waals surface area contributed by atoms with Gasteiger partial charge in [-0.1, -0.05) is 12.1 Å². The Balaban J connectivity index is 1.63. The number of nitro benzene ring substituents is 1. The Morgan fingerprint density at radius 2 is 1.74 bits per heavy atom. The average molecular weight is 606 g/mol. The number of nitrogens with one attached hydrogen (secondary N) is 2. The van der Waals surface area contributed by atoms with Gasteiger partial charge >= 0.3 is 11.9 Å². The quantitative estimate of drug-likeness (QED) is 0.0904. The van der Waals surface area contributed by atoms with E-state index in [1.54, 1.807) is 31.2 Å². The van der Waals surface area contributed by atoms with Gasteiger partial charge in [-0.3, -0.25) is 20.3 Å². The second-order valence-electron chi connectivity index (χ2n) is 9.19. The molecule has 3 N–H and O–H groups in total. The van der Waals surface area contributed by atoms with Crippen LogP contribution in [0.25, 0.3) is 5.69 Å². The van der Waals surface area contributed by atoms with E-state index in [-0.39, 0.29) is 23.5 Å². The SMILES string of the molecule is CCOC(=O)c1ccc(-n2c(C)cc(/C=N/Nc3ccc([N+](=O)[O-])cc3S(=O)(=O)Nc3ccccc3C(=O)O)c2C)cc1. The fourth-order valence-corrected chi connectivity index (χ4v) is 5.60. The number of anilines is 2. The number of rotatable bonds is 11. The Kier molecular flexibility index (Phi) is 8.90. The minimum absolute atomic E-state index is 0.0782. The summed E-state index contributed by atoms with van der Waals surface area (Å²) in [5.41, 5.74) is 5.15. The summed E-state index contributed by atoms with van der Waals surface area (Å²) in [6.07, 6.45) is 1.47. The Morgan fingerprint density at radius 3 is 2.40 bits per heavy atom. The van der Waals surface area contributed by atoms with Crippen LogP contribution >= 0.6 is 0 Å². The van der Waals surface area contributed by atoms with E-state index >= 15 is 0 Å². The van der Waals surface area contributed by atoms with Crippen molar-refractivity contribution in [1.29, 1.82) is 0 Å². The normalized spacial score (nSPS) is 11.3. The number of ether oxygens (including phenoxy) is 1. The van der Waals surface area contributed by atoms with Crippen molar-refractivity contribution in [3.05, 3.63) is 111 Å². The van der Waals surface area contributed by atoms with Crippen LogP contribution in [0.5, 0.6) is 0 Å². The molecule has 0 aliphatic heterocycles. The van der Waals surface area contributed by atoms with Crippen molar-refractivity contribution in [2.24, 2.45) is 5.10 Å². The molecule has 4 rings (SSSR count). The number of aromatic carboxylic acids is 1. The van der Waals surface area contributed by atoms with Crippen molar-refractivity contribution in [2.75, 3.05) is 16.8 Å². The van der Waals surface area contributed by atoms with Gasteiger partial charge in [0, 0.05) is 34.8 Å². The predicted octanol–water partition coefficient (Wildman–Crippen LogP) is 5.12. The van der Waals surface area contributed by atoms with Crippen LogP contribution in [0, 0.1) is 24.0 Å². The highest BCUT2D eigenvalue weighted by Gasteiger charge is 2.24. The number of hydrogen-bond acceptors (Lipinski definition) is 9. The Hall–Kier alpha value is -5.50. The van der Waals surface area contributed by atoms with Gasteiger partial charge in [-0.2, -0.15) is 5.10 Å². The molecule has 0 unspecified atom stereocenters. The lowest BCUT2D eigenvalue weighted by Crippen LogP contribution is -2.17. The van der Waals surface area contributed by atoms with Crippen molar-refractivity contribution in [1.82, 2.24) is 4.57 Å². The minimum atomic E-state index is -4.50. The lowest BCUT2D eigenvalue weighted by atomic mass is 10.2. The molecule has 0 saturated carbocycles. The molecular weight excluding hydrogens is 578 g/mol. The van der Waals surface area contributed by atoms with Gasteiger partial charge in [-0.15, -0.1) is 0 Å². The van der Waals surface area contributed by atoms with Gasteiger partial charge in [-0.05, 0) is 69.3 Å². The molecule has 222 valence electrons. The number of aromatic nitrogens is 1. The zero-order chi connectivity index (χ0) is 31.3. The summed E-state index contributed by atoms with van der Waals surface area (Å²) in [6, 6.07) is 17.3. The van der Waals surface area contributed by atoms with E-state index < -0.39 is 37.5 Å². The van der Waals surface area contributed by atoms with Gasteiger partial charge in [0.05, 0.1) is 40.2 Å². The number of nitrogens with zero attached hydrogens (tertiary/aromatic N) is 3. The van der Waals surface area contributed by atoms with Gasteiger partial charge in [0.1, 0.15) is 4.90 Å². The van der Waals surface area contributed by atoms with Gasteiger partial charge < -0.3 is 14.4 Å². The number of benzene rings is 3.